The molecular weight excluding hydrogens is 352 g/mol. The van der Waals surface area contributed by atoms with Gasteiger partial charge in [-0.25, -0.2) is 4.39 Å². The molecule has 2 fully saturated rings. The zero-order valence-corrected chi connectivity index (χ0v) is 15.4. The quantitative estimate of drug-likeness (QED) is 0.875. The molecule has 0 bridgehead atoms. The van der Waals surface area contributed by atoms with Crippen LogP contribution in [0.1, 0.15) is 19.3 Å². The van der Waals surface area contributed by atoms with Crippen molar-refractivity contribution < 1.29 is 9.18 Å². The molecule has 1 aromatic rings. The van der Waals surface area contributed by atoms with Crippen LogP contribution >= 0.6 is 24.8 Å². The molecule has 0 spiro atoms. The maximum atomic E-state index is 13.8. The molecule has 0 aromatic heterocycles. The smallest absolute Gasteiger partial charge is 0.222 e. The third-order valence-corrected chi connectivity index (χ3v) is 4.75. The monoisotopic (exact) mass is 377 g/mol. The molecule has 3 rings (SSSR count). The highest BCUT2D eigenvalue weighted by Crippen LogP contribution is 2.21. The van der Waals surface area contributed by atoms with Crippen LogP contribution in [0.15, 0.2) is 24.3 Å². The van der Waals surface area contributed by atoms with E-state index in [-0.39, 0.29) is 36.5 Å². The number of halogens is 3. The van der Waals surface area contributed by atoms with Gasteiger partial charge in [0.2, 0.25) is 5.91 Å². The summed E-state index contributed by atoms with van der Waals surface area (Å²) in [5.41, 5.74) is 0.645. The minimum atomic E-state index is -0.184. The number of amides is 1. The highest BCUT2D eigenvalue weighted by Gasteiger charge is 2.23. The van der Waals surface area contributed by atoms with Gasteiger partial charge in [0, 0.05) is 32.6 Å². The molecule has 0 radical (unpaired) electrons. The number of carbonyl (C=O) groups is 1. The Hall–Kier alpha value is -1.04. The zero-order valence-electron chi connectivity index (χ0n) is 13.7. The van der Waals surface area contributed by atoms with Crippen molar-refractivity contribution in [2.75, 3.05) is 44.2 Å². The number of para-hydroxylation sites is 1. The summed E-state index contributed by atoms with van der Waals surface area (Å²) in [4.78, 5) is 16.2. The average Bonchev–Trinajstić information content (AvgIpc) is 3.07. The van der Waals surface area contributed by atoms with Gasteiger partial charge in [-0.1, -0.05) is 12.1 Å². The largest absolute Gasteiger partial charge is 0.366 e. The zero-order chi connectivity index (χ0) is 15.4. The van der Waals surface area contributed by atoms with E-state index < -0.39 is 0 Å². The molecule has 2 saturated heterocycles. The molecule has 1 atom stereocenters. The Balaban J connectivity index is 0.00000144. The van der Waals surface area contributed by atoms with Crippen LogP contribution in [0.25, 0.3) is 0 Å². The lowest BCUT2D eigenvalue weighted by molar-refractivity contribution is -0.131. The van der Waals surface area contributed by atoms with Crippen molar-refractivity contribution in [1.82, 2.24) is 10.2 Å². The standard InChI is InChI=1S/C17H24FN3O.2ClH/c18-15-3-1-2-4-16(15)20-9-11-21(12-10-20)17(22)6-5-14-7-8-19-13-14;;/h1-4,14,19H,5-13H2;2*1H. The number of nitrogens with zero attached hydrogens (tertiary/aromatic N) is 2. The van der Waals surface area contributed by atoms with E-state index in [1.807, 2.05) is 15.9 Å². The summed E-state index contributed by atoms with van der Waals surface area (Å²) < 4.78 is 13.8. The Kier molecular flexibility index (Phi) is 8.81. The molecular formula is C17H26Cl2FN3O. The molecule has 2 aliphatic heterocycles. The Morgan fingerprint density at radius 1 is 1.17 bits per heavy atom. The predicted molar refractivity (Wildman–Crippen MR) is 99.9 cm³/mol. The van der Waals surface area contributed by atoms with Crippen LogP contribution in [-0.4, -0.2) is 50.1 Å². The number of piperazine rings is 1. The highest BCUT2D eigenvalue weighted by atomic mass is 35.5. The van der Waals surface area contributed by atoms with Gasteiger partial charge in [0.1, 0.15) is 5.82 Å². The second kappa shape index (κ2) is 10.1. The first kappa shape index (κ1) is 21.0. The van der Waals surface area contributed by atoms with Crippen molar-refractivity contribution >= 4 is 36.4 Å². The van der Waals surface area contributed by atoms with Gasteiger partial charge in [-0.05, 0) is 44.0 Å². The molecule has 1 unspecified atom stereocenters. The van der Waals surface area contributed by atoms with Gasteiger partial charge in [0.25, 0.3) is 0 Å². The average molecular weight is 378 g/mol. The predicted octanol–water partition coefficient (Wildman–Crippen LogP) is 2.71. The molecule has 4 nitrogen and oxygen atoms in total. The molecule has 7 heteroatoms. The van der Waals surface area contributed by atoms with E-state index in [1.54, 1.807) is 12.1 Å². The second-order valence-corrected chi connectivity index (χ2v) is 6.22. The number of carbonyl (C=O) groups excluding carboxylic acids is 1. The van der Waals surface area contributed by atoms with Crippen molar-refractivity contribution in [2.45, 2.75) is 19.3 Å². The van der Waals surface area contributed by atoms with E-state index in [0.717, 1.165) is 19.5 Å². The van der Waals surface area contributed by atoms with Crippen molar-refractivity contribution in [2.24, 2.45) is 5.92 Å². The summed E-state index contributed by atoms with van der Waals surface area (Å²) in [6.07, 6.45) is 2.82. The van der Waals surface area contributed by atoms with E-state index in [9.17, 15) is 9.18 Å². The number of hydrogen-bond acceptors (Lipinski definition) is 3. The van der Waals surface area contributed by atoms with E-state index in [0.29, 0.717) is 44.2 Å². The van der Waals surface area contributed by atoms with Crippen molar-refractivity contribution in [3.63, 3.8) is 0 Å². The van der Waals surface area contributed by atoms with Crippen LogP contribution in [0, 0.1) is 11.7 Å². The van der Waals surface area contributed by atoms with Crippen molar-refractivity contribution in [3.05, 3.63) is 30.1 Å². The maximum Gasteiger partial charge on any atom is 0.222 e. The molecule has 24 heavy (non-hydrogen) atoms. The summed E-state index contributed by atoms with van der Waals surface area (Å²) in [7, 11) is 0. The summed E-state index contributed by atoms with van der Waals surface area (Å²) in [6.45, 7) is 4.93. The Bertz CT molecular complexity index is 518. The third kappa shape index (κ3) is 5.23. The topological polar surface area (TPSA) is 35.6 Å². The lowest BCUT2D eigenvalue weighted by Gasteiger charge is -2.36. The van der Waals surface area contributed by atoms with Gasteiger partial charge in [0.15, 0.2) is 0 Å². The maximum absolute atomic E-state index is 13.8. The van der Waals surface area contributed by atoms with Crippen LogP contribution in [0.3, 0.4) is 0 Å². The first-order valence-electron chi connectivity index (χ1n) is 8.22. The van der Waals surface area contributed by atoms with Gasteiger partial charge in [-0.15, -0.1) is 24.8 Å². The van der Waals surface area contributed by atoms with E-state index in [4.69, 9.17) is 0 Å². The molecule has 0 aliphatic carbocycles. The van der Waals surface area contributed by atoms with Crippen LogP contribution in [0.4, 0.5) is 10.1 Å². The SMILES string of the molecule is Cl.Cl.O=C(CCC1CCNC1)N1CCN(c2ccccc2F)CC1. The van der Waals surface area contributed by atoms with Crippen molar-refractivity contribution in [1.29, 1.82) is 0 Å². The number of rotatable bonds is 4. The van der Waals surface area contributed by atoms with Gasteiger partial charge in [-0.3, -0.25) is 4.79 Å². The summed E-state index contributed by atoms with van der Waals surface area (Å²) in [6, 6.07) is 6.85. The van der Waals surface area contributed by atoms with Crippen LogP contribution < -0.4 is 10.2 Å². The number of anilines is 1. The fraction of sp³-hybridized carbons (Fsp3) is 0.588. The number of nitrogens with one attached hydrogen (secondary N) is 1. The van der Waals surface area contributed by atoms with Gasteiger partial charge >= 0.3 is 0 Å². The van der Waals surface area contributed by atoms with E-state index >= 15 is 0 Å². The minimum absolute atomic E-state index is 0. The normalized spacial score (nSPS) is 20.3. The summed E-state index contributed by atoms with van der Waals surface area (Å²) in [5, 5.41) is 3.34. The highest BCUT2D eigenvalue weighted by molar-refractivity contribution is 5.85. The Morgan fingerprint density at radius 3 is 2.50 bits per heavy atom. The molecule has 1 N–H and O–H groups in total. The third-order valence-electron chi connectivity index (χ3n) is 4.75. The van der Waals surface area contributed by atoms with Gasteiger partial charge in [0.05, 0.1) is 5.69 Å². The first-order valence-corrected chi connectivity index (χ1v) is 8.22. The van der Waals surface area contributed by atoms with Crippen LogP contribution in [-0.2, 0) is 4.79 Å². The van der Waals surface area contributed by atoms with Gasteiger partial charge in [-0.2, -0.15) is 0 Å². The lowest BCUT2D eigenvalue weighted by atomic mass is 10.0. The molecule has 136 valence electrons. The van der Waals surface area contributed by atoms with E-state index in [2.05, 4.69) is 5.32 Å². The fourth-order valence-corrected chi connectivity index (χ4v) is 3.35. The lowest BCUT2D eigenvalue weighted by Crippen LogP contribution is -2.49. The fourth-order valence-electron chi connectivity index (χ4n) is 3.35. The Labute approximate surface area is 155 Å². The molecule has 2 aliphatic rings. The minimum Gasteiger partial charge on any atom is -0.366 e. The van der Waals surface area contributed by atoms with E-state index in [1.165, 1.54) is 12.5 Å². The molecule has 0 saturated carbocycles. The molecule has 1 aromatic carbocycles. The van der Waals surface area contributed by atoms with Crippen molar-refractivity contribution in [3.8, 4) is 0 Å². The first-order chi connectivity index (χ1) is 10.7. The second-order valence-electron chi connectivity index (χ2n) is 6.22. The molecule has 1 amide bonds. The molecule has 2 heterocycles. The van der Waals surface area contributed by atoms with Crippen LogP contribution in [0.2, 0.25) is 0 Å². The van der Waals surface area contributed by atoms with Gasteiger partial charge < -0.3 is 15.1 Å². The number of benzene rings is 1. The number of hydrogen-bond donors (Lipinski definition) is 1. The summed E-state index contributed by atoms with van der Waals surface area (Å²) in [5.74, 6) is 0.722. The van der Waals surface area contributed by atoms with Crippen LogP contribution in [0.5, 0.6) is 0 Å². The Morgan fingerprint density at radius 2 is 1.88 bits per heavy atom. The summed E-state index contributed by atoms with van der Waals surface area (Å²) >= 11 is 0.